The lowest BCUT2D eigenvalue weighted by Crippen LogP contribution is -2.51. The van der Waals surface area contributed by atoms with Gasteiger partial charge in [0, 0.05) is 44.3 Å². The maximum atomic E-state index is 13.4. The zero-order chi connectivity index (χ0) is 26.4. The first-order valence-electron chi connectivity index (χ1n) is 13.3. The lowest BCUT2D eigenvalue weighted by molar-refractivity contribution is 0.0141. The van der Waals surface area contributed by atoms with Gasteiger partial charge >= 0.3 is 6.09 Å². The number of rotatable bonds is 6. The van der Waals surface area contributed by atoms with Crippen LogP contribution in [0.1, 0.15) is 68.8 Å². The normalized spacial score (nSPS) is 16.9. The molecular weight excluding hydrogens is 471 g/mol. The Hall–Kier alpha value is -3.29. The molecule has 2 amide bonds. The van der Waals surface area contributed by atoms with Gasteiger partial charge in [0.1, 0.15) is 11.4 Å². The fraction of sp³-hybridized carbons (Fsp3) is 0.517. The number of anilines is 2. The lowest BCUT2D eigenvalue weighted by atomic mass is 9.95. The molecule has 200 valence electrons. The van der Waals surface area contributed by atoms with E-state index in [0.29, 0.717) is 44.3 Å². The molecule has 0 unspecified atom stereocenters. The minimum absolute atomic E-state index is 0.0575. The molecule has 1 heterocycles. The Morgan fingerprint density at radius 2 is 1.57 bits per heavy atom. The number of hydrogen-bond acceptors (Lipinski definition) is 5. The summed E-state index contributed by atoms with van der Waals surface area (Å²) in [4.78, 5) is 29.2. The summed E-state index contributed by atoms with van der Waals surface area (Å²) in [5, 5.41) is 7.13. The highest BCUT2D eigenvalue weighted by Gasteiger charge is 2.28. The number of benzene rings is 2. The molecule has 0 bridgehead atoms. The number of piperazine rings is 1. The van der Waals surface area contributed by atoms with Gasteiger partial charge in [-0.25, -0.2) is 9.18 Å². The highest BCUT2D eigenvalue weighted by molar-refractivity contribution is 5.96. The van der Waals surface area contributed by atoms with Gasteiger partial charge in [-0.1, -0.05) is 31.4 Å². The first-order chi connectivity index (χ1) is 17.7. The highest BCUT2D eigenvalue weighted by Crippen LogP contribution is 2.29. The predicted octanol–water partition coefficient (Wildman–Crippen LogP) is 5.88. The maximum Gasteiger partial charge on any atom is 0.410 e. The lowest BCUT2D eigenvalue weighted by Gasteiger charge is -2.35. The fourth-order valence-corrected chi connectivity index (χ4v) is 4.82. The van der Waals surface area contributed by atoms with Crippen molar-refractivity contribution in [2.24, 2.45) is 0 Å². The van der Waals surface area contributed by atoms with Crippen LogP contribution in [0.3, 0.4) is 0 Å². The summed E-state index contributed by atoms with van der Waals surface area (Å²) in [5.74, 6) is -0.319. The molecule has 0 radical (unpaired) electrons. The molecular formula is C29H39FN4O3. The van der Waals surface area contributed by atoms with Crippen molar-refractivity contribution < 1.29 is 18.7 Å². The van der Waals surface area contributed by atoms with Crippen molar-refractivity contribution in [2.75, 3.05) is 36.8 Å². The van der Waals surface area contributed by atoms with Crippen LogP contribution >= 0.6 is 0 Å². The Morgan fingerprint density at radius 3 is 2.22 bits per heavy atom. The molecule has 0 spiro atoms. The third-order valence-electron chi connectivity index (χ3n) is 6.85. The zero-order valence-electron chi connectivity index (χ0n) is 22.2. The summed E-state index contributed by atoms with van der Waals surface area (Å²) in [5.41, 5.74) is 2.84. The highest BCUT2D eigenvalue weighted by atomic mass is 19.1. The van der Waals surface area contributed by atoms with E-state index >= 15 is 0 Å². The molecule has 37 heavy (non-hydrogen) atoms. The van der Waals surface area contributed by atoms with Crippen LogP contribution in [-0.4, -0.2) is 59.6 Å². The SMILES string of the molecule is CC(C)(C)OC(=O)N1CCN(C(=O)c2ccc(NC3CCCCC3)c(NCc3ccc(F)cc3)c2)CC1. The van der Waals surface area contributed by atoms with Crippen molar-refractivity contribution in [3.63, 3.8) is 0 Å². The van der Waals surface area contributed by atoms with Crippen LogP contribution in [-0.2, 0) is 11.3 Å². The van der Waals surface area contributed by atoms with Crippen molar-refractivity contribution in [3.05, 3.63) is 59.4 Å². The van der Waals surface area contributed by atoms with E-state index in [0.717, 1.165) is 29.8 Å². The molecule has 0 aromatic heterocycles. The summed E-state index contributed by atoms with van der Waals surface area (Å²) < 4.78 is 18.8. The third kappa shape index (κ3) is 7.60. The number of carbonyl (C=O) groups is 2. The topological polar surface area (TPSA) is 73.9 Å². The van der Waals surface area contributed by atoms with Crippen LogP contribution in [0.4, 0.5) is 20.6 Å². The van der Waals surface area contributed by atoms with Gasteiger partial charge in [0.25, 0.3) is 5.91 Å². The number of carbonyl (C=O) groups excluding carboxylic acids is 2. The number of ether oxygens (including phenoxy) is 1. The van der Waals surface area contributed by atoms with Gasteiger partial charge in [-0.15, -0.1) is 0 Å². The van der Waals surface area contributed by atoms with Crippen molar-refractivity contribution in [3.8, 4) is 0 Å². The molecule has 4 rings (SSSR count). The molecule has 1 saturated carbocycles. The number of nitrogens with one attached hydrogen (secondary N) is 2. The Morgan fingerprint density at radius 1 is 0.919 bits per heavy atom. The zero-order valence-corrected chi connectivity index (χ0v) is 22.2. The molecule has 2 N–H and O–H groups in total. The number of nitrogens with zero attached hydrogens (tertiary/aromatic N) is 2. The van der Waals surface area contributed by atoms with Gasteiger partial charge < -0.3 is 25.2 Å². The first-order valence-corrected chi connectivity index (χ1v) is 13.3. The summed E-state index contributed by atoms with van der Waals surface area (Å²) in [6, 6.07) is 12.6. The van der Waals surface area contributed by atoms with Gasteiger partial charge in [0.15, 0.2) is 0 Å². The summed E-state index contributed by atoms with van der Waals surface area (Å²) in [7, 11) is 0. The predicted molar refractivity (Wildman–Crippen MR) is 144 cm³/mol. The fourth-order valence-electron chi connectivity index (χ4n) is 4.82. The molecule has 2 aromatic rings. The van der Waals surface area contributed by atoms with E-state index in [1.54, 1.807) is 21.9 Å². The van der Waals surface area contributed by atoms with Gasteiger partial charge in [-0.05, 0) is 69.5 Å². The van der Waals surface area contributed by atoms with Crippen LogP contribution in [0.15, 0.2) is 42.5 Å². The van der Waals surface area contributed by atoms with Crippen LogP contribution in [0, 0.1) is 5.82 Å². The average Bonchev–Trinajstić information content (AvgIpc) is 2.88. The van der Waals surface area contributed by atoms with E-state index < -0.39 is 5.60 Å². The molecule has 7 nitrogen and oxygen atoms in total. The molecule has 2 aromatic carbocycles. The molecule has 1 saturated heterocycles. The van der Waals surface area contributed by atoms with E-state index in [2.05, 4.69) is 10.6 Å². The van der Waals surface area contributed by atoms with Crippen molar-refractivity contribution in [1.29, 1.82) is 0 Å². The van der Waals surface area contributed by atoms with Crippen molar-refractivity contribution in [1.82, 2.24) is 9.80 Å². The van der Waals surface area contributed by atoms with Gasteiger partial charge in [-0.2, -0.15) is 0 Å². The molecule has 8 heteroatoms. The molecule has 2 fully saturated rings. The summed E-state index contributed by atoms with van der Waals surface area (Å²) >= 11 is 0. The van der Waals surface area contributed by atoms with Gasteiger partial charge in [0.2, 0.25) is 0 Å². The summed E-state index contributed by atoms with van der Waals surface area (Å²) in [6.45, 7) is 7.86. The second-order valence-electron chi connectivity index (χ2n) is 11.0. The number of hydrogen-bond donors (Lipinski definition) is 2. The van der Waals surface area contributed by atoms with Crippen LogP contribution in [0.25, 0.3) is 0 Å². The van der Waals surface area contributed by atoms with Gasteiger partial charge in [0.05, 0.1) is 11.4 Å². The average molecular weight is 511 g/mol. The Bertz CT molecular complexity index is 1070. The summed E-state index contributed by atoms with van der Waals surface area (Å²) in [6.07, 6.45) is 5.66. The molecule has 1 aliphatic carbocycles. The Labute approximate surface area is 219 Å². The second-order valence-corrected chi connectivity index (χ2v) is 11.0. The van der Waals surface area contributed by atoms with Crippen molar-refractivity contribution in [2.45, 2.75) is 71.1 Å². The molecule has 1 aliphatic heterocycles. The Kier molecular flexibility index (Phi) is 8.56. The standard InChI is InChI=1S/C29H39FN4O3/c1-29(2,3)37-28(36)34-17-15-33(16-18-34)27(35)22-11-14-25(32-24-7-5-4-6-8-24)26(19-22)31-20-21-9-12-23(30)13-10-21/h9-14,19,24,31-32H,4-8,15-18,20H2,1-3H3. The van der Waals surface area contributed by atoms with Gasteiger partial charge in [-0.3, -0.25) is 4.79 Å². The first kappa shape index (κ1) is 26.8. The minimum atomic E-state index is -0.547. The van der Waals surface area contributed by atoms with Crippen LogP contribution in [0.5, 0.6) is 0 Å². The Balaban J connectivity index is 1.44. The number of amides is 2. The monoisotopic (exact) mass is 510 g/mol. The van der Waals surface area contributed by atoms with Crippen molar-refractivity contribution >= 4 is 23.4 Å². The largest absolute Gasteiger partial charge is 0.444 e. The van der Waals surface area contributed by atoms with E-state index in [4.69, 9.17) is 4.74 Å². The molecule has 0 atom stereocenters. The van der Waals surface area contributed by atoms with E-state index in [1.807, 2.05) is 39.0 Å². The van der Waals surface area contributed by atoms with E-state index in [1.165, 1.54) is 31.4 Å². The minimum Gasteiger partial charge on any atom is -0.444 e. The van der Waals surface area contributed by atoms with Crippen LogP contribution in [0.2, 0.25) is 0 Å². The third-order valence-corrected chi connectivity index (χ3v) is 6.85. The second kappa shape index (κ2) is 11.8. The smallest absolute Gasteiger partial charge is 0.410 e. The quantitative estimate of drug-likeness (QED) is 0.508. The maximum absolute atomic E-state index is 13.4. The number of halogens is 1. The van der Waals surface area contributed by atoms with E-state index in [9.17, 15) is 14.0 Å². The van der Waals surface area contributed by atoms with Crippen LogP contribution < -0.4 is 10.6 Å². The molecule has 2 aliphatic rings. The van der Waals surface area contributed by atoms with E-state index in [-0.39, 0.29) is 17.8 Å².